The van der Waals surface area contributed by atoms with E-state index in [9.17, 15) is 4.79 Å². The number of aryl methyl sites for hydroxylation is 1. The number of rotatable bonds is 4. The molecule has 0 spiro atoms. The molecule has 1 aliphatic rings. The summed E-state index contributed by atoms with van der Waals surface area (Å²) in [4.78, 5) is 12.3. The third-order valence-electron chi connectivity index (χ3n) is 3.60. The molecule has 0 bridgehead atoms. The molecule has 4 N–H and O–H groups in total. The van der Waals surface area contributed by atoms with Gasteiger partial charge in [0.2, 0.25) is 0 Å². The summed E-state index contributed by atoms with van der Waals surface area (Å²) < 4.78 is 5.55. The predicted molar refractivity (Wildman–Crippen MR) is 79.1 cm³/mol. The third-order valence-corrected chi connectivity index (χ3v) is 3.60. The molecule has 6 nitrogen and oxygen atoms in total. The summed E-state index contributed by atoms with van der Waals surface area (Å²) in [5.74, 6) is 0.529. The minimum absolute atomic E-state index is 0.167. The number of aromatic nitrogens is 2. The van der Waals surface area contributed by atoms with Crippen LogP contribution in [-0.4, -0.2) is 22.7 Å². The van der Waals surface area contributed by atoms with Gasteiger partial charge >= 0.3 is 0 Å². The van der Waals surface area contributed by atoms with Crippen LogP contribution in [0.15, 0.2) is 24.3 Å². The first-order valence-electron chi connectivity index (χ1n) is 7.06. The zero-order valence-electron chi connectivity index (χ0n) is 11.8. The van der Waals surface area contributed by atoms with E-state index < -0.39 is 0 Å². The van der Waals surface area contributed by atoms with Gasteiger partial charge in [0.1, 0.15) is 12.4 Å². The van der Waals surface area contributed by atoms with Crippen LogP contribution in [0.25, 0.3) is 0 Å². The van der Waals surface area contributed by atoms with Crippen molar-refractivity contribution in [3.8, 4) is 5.75 Å². The van der Waals surface area contributed by atoms with Crippen molar-refractivity contribution in [3.63, 3.8) is 0 Å². The Kier molecular flexibility index (Phi) is 3.51. The molecular weight excluding hydrogens is 268 g/mol. The topological polar surface area (TPSA) is 93.0 Å². The molecule has 1 amide bonds. The molecule has 21 heavy (non-hydrogen) atoms. The van der Waals surface area contributed by atoms with Crippen LogP contribution in [-0.2, 0) is 6.42 Å². The normalized spacial score (nSPS) is 16.3. The summed E-state index contributed by atoms with van der Waals surface area (Å²) in [5, 5.41) is 9.78. The highest BCUT2D eigenvalue weighted by atomic mass is 16.5. The number of aromatic amines is 1. The van der Waals surface area contributed by atoms with Gasteiger partial charge in [0.05, 0.1) is 17.4 Å². The van der Waals surface area contributed by atoms with E-state index in [4.69, 9.17) is 10.5 Å². The molecule has 3 rings (SSSR count). The average Bonchev–Trinajstić information content (AvgIpc) is 3.05. The number of hydrogen-bond acceptors (Lipinski definition) is 4. The Balaban J connectivity index is 1.76. The number of amides is 1. The number of hydrogen-bond donors (Lipinski definition) is 3. The van der Waals surface area contributed by atoms with Crippen LogP contribution in [0.4, 0.5) is 5.69 Å². The molecule has 1 aromatic heterocycles. The number of fused-ring (bicyclic) bond motifs is 1. The van der Waals surface area contributed by atoms with E-state index in [0.717, 1.165) is 29.8 Å². The molecule has 1 aromatic carbocycles. The van der Waals surface area contributed by atoms with Gasteiger partial charge in [-0.15, -0.1) is 0 Å². The van der Waals surface area contributed by atoms with Crippen molar-refractivity contribution in [1.29, 1.82) is 0 Å². The van der Waals surface area contributed by atoms with Gasteiger partial charge in [0.25, 0.3) is 5.91 Å². The monoisotopic (exact) mass is 286 g/mol. The Labute approximate surface area is 122 Å². The van der Waals surface area contributed by atoms with Crippen LogP contribution in [0, 0.1) is 0 Å². The number of benzene rings is 1. The number of nitrogens with zero attached hydrogens (tertiary/aromatic N) is 1. The van der Waals surface area contributed by atoms with E-state index in [1.807, 2.05) is 31.2 Å². The molecule has 1 atom stereocenters. The van der Waals surface area contributed by atoms with Crippen LogP contribution < -0.4 is 15.8 Å². The lowest BCUT2D eigenvalue weighted by atomic mass is 10.1. The van der Waals surface area contributed by atoms with Gasteiger partial charge in [0, 0.05) is 5.56 Å². The Bertz CT molecular complexity index is 665. The molecule has 2 heterocycles. The Morgan fingerprint density at radius 2 is 2.33 bits per heavy atom. The molecule has 0 saturated carbocycles. The number of carbonyl (C=O) groups excluding carboxylic acids is 1. The first kappa shape index (κ1) is 13.5. The van der Waals surface area contributed by atoms with Crippen molar-refractivity contribution in [2.24, 2.45) is 0 Å². The number of nitrogen functional groups attached to an aromatic ring is 1. The van der Waals surface area contributed by atoms with Crippen molar-refractivity contribution < 1.29 is 9.53 Å². The van der Waals surface area contributed by atoms with Crippen LogP contribution >= 0.6 is 0 Å². The Morgan fingerprint density at radius 3 is 3.14 bits per heavy atom. The van der Waals surface area contributed by atoms with Gasteiger partial charge in [-0.05, 0) is 12.5 Å². The molecule has 2 aromatic rings. The highest BCUT2D eigenvalue weighted by molar-refractivity contribution is 5.97. The lowest BCUT2D eigenvalue weighted by Gasteiger charge is -2.10. The zero-order chi connectivity index (χ0) is 14.8. The fourth-order valence-corrected chi connectivity index (χ4v) is 2.51. The SMILES string of the molecule is CCCc1[nH]nc(C(=O)NC2COc3ccccc32)c1N. The van der Waals surface area contributed by atoms with E-state index >= 15 is 0 Å². The van der Waals surface area contributed by atoms with Crippen molar-refractivity contribution in [3.05, 3.63) is 41.2 Å². The maximum Gasteiger partial charge on any atom is 0.274 e. The fraction of sp³-hybridized carbons (Fsp3) is 0.333. The van der Waals surface area contributed by atoms with Gasteiger partial charge in [-0.3, -0.25) is 9.89 Å². The maximum absolute atomic E-state index is 12.3. The first-order chi connectivity index (χ1) is 10.2. The van der Waals surface area contributed by atoms with Gasteiger partial charge in [-0.2, -0.15) is 5.10 Å². The van der Waals surface area contributed by atoms with Crippen molar-refractivity contribution in [2.75, 3.05) is 12.3 Å². The zero-order valence-corrected chi connectivity index (χ0v) is 11.8. The number of H-pyrrole nitrogens is 1. The summed E-state index contributed by atoms with van der Waals surface area (Å²) >= 11 is 0. The lowest BCUT2D eigenvalue weighted by molar-refractivity contribution is 0.0926. The van der Waals surface area contributed by atoms with Gasteiger partial charge in [-0.1, -0.05) is 31.5 Å². The van der Waals surface area contributed by atoms with Gasteiger partial charge in [-0.25, -0.2) is 0 Å². The van der Waals surface area contributed by atoms with Crippen molar-refractivity contribution in [1.82, 2.24) is 15.5 Å². The Morgan fingerprint density at radius 1 is 1.52 bits per heavy atom. The molecule has 0 radical (unpaired) electrons. The highest BCUT2D eigenvalue weighted by Crippen LogP contribution is 2.32. The molecule has 0 fully saturated rings. The van der Waals surface area contributed by atoms with Crippen LogP contribution in [0.5, 0.6) is 5.75 Å². The standard InChI is InChI=1S/C15H18N4O2/c1-2-5-10-13(16)14(19-18-10)15(20)17-11-8-21-12-7-4-3-6-9(11)12/h3-4,6-7,11H,2,5,8,16H2,1H3,(H,17,20)(H,18,19). The molecule has 0 aliphatic carbocycles. The number of nitrogens with two attached hydrogens (primary N) is 1. The van der Waals surface area contributed by atoms with E-state index in [2.05, 4.69) is 15.5 Å². The fourth-order valence-electron chi connectivity index (χ4n) is 2.51. The van der Waals surface area contributed by atoms with Crippen molar-refractivity contribution >= 4 is 11.6 Å². The highest BCUT2D eigenvalue weighted by Gasteiger charge is 2.27. The maximum atomic E-state index is 12.3. The molecule has 1 aliphatic heterocycles. The van der Waals surface area contributed by atoms with Crippen molar-refractivity contribution in [2.45, 2.75) is 25.8 Å². The van der Waals surface area contributed by atoms with Crippen LogP contribution in [0.2, 0.25) is 0 Å². The minimum Gasteiger partial charge on any atom is -0.491 e. The smallest absolute Gasteiger partial charge is 0.274 e. The molecule has 110 valence electrons. The lowest BCUT2D eigenvalue weighted by Crippen LogP contribution is -2.30. The molecule has 0 saturated heterocycles. The number of nitrogens with one attached hydrogen (secondary N) is 2. The van der Waals surface area contributed by atoms with Crippen LogP contribution in [0.3, 0.4) is 0 Å². The minimum atomic E-state index is -0.281. The largest absolute Gasteiger partial charge is 0.491 e. The number of anilines is 1. The van der Waals surface area contributed by atoms with Crippen LogP contribution in [0.1, 0.15) is 41.1 Å². The van der Waals surface area contributed by atoms with E-state index in [-0.39, 0.29) is 17.6 Å². The summed E-state index contributed by atoms with van der Waals surface area (Å²) in [6, 6.07) is 7.51. The Hall–Kier alpha value is -2.50. The second-order valence-electron chi connectivity index (χ2n) is 5.09. The predicted octanol–water partition coefficient (Wildman–Crippen LogP) is 1.81. The van der Waals surface area contributed by atoms with Gasteiger partial charge < -0.3 is 15.8 Å². The van der Waals surface area contributed by atoms with E-state index in [0.29, 0.717) is 12.3 Å². The summed E-state index contributed by atoms with van der Waals surface area (Å²) in [7, 11) is 0. The van der Waals surface area contributed by atoms with E-state index in [1.165, 1.54) is 0 Å². The first-order valence-corrected chi connectivity index (χ1v) is 7.06. The molecule has 1 unspecified atom stereocenters. The number of carbonyl (C=O) groups is 1. The molecule has 6 heteroatoms. The average molecular weight is 286 g/mol. The third kappa shape index (κ3) is 2.44. The van der Waals surface area contributed by atoms with E-state index in [1.54, 1.807) is 0 Å². The molecular formula is C15H18N4O2. The second-order valence-corrected chi connectivity index (χ2v) is 5.09. The summed E-state index contributed by atoms with van der Waals surface area (Å²) in [5.41, 5.74) is 8.45. The second kappa shape index (κ2) is 5.47. The summed E-state index contributed by atoms with van der Waals surface area (Å²) in [6.45, 7) is 2.48. The summed E-state index contributed by atoms with van der Waals surface area (Å²) in [6.07, 6.45) is 1.72. The number of ether oxygens (including phenoxy) is 1. The van der Waals surface area contributed by atoms with Gasteiger partial charge in [0.15, 0.2) is 5.69 Å². The number of para-hydroxylation sites is 1. The quantitative estimate of drug-likeness (QED) is 0.799.